The highest BCUT2D eigenvalue weighted by atomic mass is 16.3. The van der Waals surface area contributed by atoms with Gasteiger partial charge in [0.05, 0.1) is 0 Å². The molecule has 0 bridgehead atoms. The highest BCUT2D eigenvalue weighted by molar-refractivity contribution is 5.85. The average Bonchev–Trinajstić information content (AvgIpc) is 2.94. The number of hydrogen-bond acceptors (Lipinski definition) is 3. The molecule has 21 heavy (non-hydrogen) atoms. The molecule has 1 aliphatic rings. The fourth-order valence-corrected chi connectivity index (χ4v) is 2.80. The standard InChI is InChI=1S/C12H15NO2.C6H6/c1-7(14)8-2-3-10-9(8)4-5-12(15)11(10)6-13;1-2-4-6-5-3-1/h4-5,8,15H,2-3,6,13H2,1H3;1-6H. The van der Waals surface area contributed by atoms with Crippen molar-refractivity contribution in [3.8, 4) is 5.75 Å². The molecule has 0 saturated heterocycles. The number of ketones is 1. The van der Waals surface area contributed by atoms with Crippen molar-refractivity contribution in [1.29, 1.82) is 0 Å². The van der Waals surface area contributed by atoms with E-state index in [1.54, 1.807) is 13.0 Å². The number of aromatic hydroxyl groups is 1. The van der Waals surface area contributed by atoms with E-state index >= 15 is 0 Å². The molecule has 0 aromatic heterocycles. The minimum Gasteiger partial charge on any atom is -0.508 e. The van der Waals surface area contributed by atoms with Crippen molar-refractivity contribution < 1.29 is 9.90 Å². The molecule has 1 aliphatic carbocycles. The van der Waals surface area contributed by atoms with E-state index in [-0.39, 0.29) is 17.5 Å². The third-order valence-electron chi connectivity index (χ3n) is 3.86. The van der Waals surface area contributed by atoms with E-state index in [2.05, 4.69) is 0 Å². The van der Waals surface area contributed by atoms with Crippen molar-refractivity contribution in [2.75, 3.05) is 0 Å². The van der Waals surface area contributed by atoms with Gasteiger partial charge in [0.25, 0.3) is 0 Å². The van der Waals surface area contributed by atoms with Gasteiger partial charge in [-0.15, -0.1) is 0 Å². The Balaban J connectivity index is 0.000000225. The zero-order valence-electron chi connectivity index (χ0n) is 12.3. The number of carbonyl (C=O) groups is 1. The monoisotopic (exact) mass is 283 g/mol. The molecule has 0 spiro atoms. The van der Waals surface area contributed by atoms with Gasteiger partial charge in [-0.3, -0.25) is 4.79 Å². The SMILES string of the molecule is CC(=O)C1CCc2c1ccc(O)c2CN.c1ccccc1. The molecular weight excluding hydrogens is 262 g/mol. The number of phenols is 1. The molecule has 0 heterocycles. The first-order valence-electron chi connectivity index (χ1n) is 7.19. The van der Waals surface area contributed by atoms with Crippen LogP contribution in [0, 0.1) is 0 Å². The van der Waals surface area contributed by atoms with Crippen molar-refractivity contribution in [1.82, 2.24) is 0 Å². The number of rotatable bonds is 2. The zero-order chi connectivity index (χ0) is 15.2. The summed E-state index contributed by atoms with van der Waals surface area (Å²) >= 11 is 0. The number of benzene rings is 2. The van der Waals surface area contributed by atoms with Crippen molar-refractivity contribution in [3.05, 3.63) is 65.2 Å². The maximum Gasteiger partial charge on any atom is 0.137 e. The Morgan fingerprint density at radius 1 is 1.19 bits per heavy atom. The fraction of sp³-hybridized carbons (Fsp3) is 0.278. The van der Waals surface area contributed by atoms with Gasteiger partial charge in [-0.1, -0.05) is 42.5 Å². The Kier molecular flexibility index (Phi) is 5.12. The summed E-state index contributed by atoms with van der Waals surface area (Å²) in [7, 11) is 0. The predicted octanol–water partition coefficient (Wildman–Crippen LogP) is 3.16. The first-order chi connectivity index (χ1) is 10.1. The lowest BCUT2D eigenvalue weighted by Crippen LogP contribution is -2.06. The highest BCUT2D eigenvalue weighted by Gasteiger charge is 2.28. The van der Waals surface area contributed by atoms with E-state index in [1.165, 1.54) is 0 Å². The lowest BCUT2D eigenvalue weighted by molar-refractivity contribution is -0.118. The molecule has 3 nitrogen and oxygen atoms in total. The van der Waals surface area contributed by atoms with E-state index in [4.69, 9.17) is 5.73 Å². The summed E-state index contributed by atoms with van der Waals surface area (Å²) in [4.78, 5) is 11.4. The number of fused-ring (bicyclic) bond motifs is 1. The number of Topliss-reactive ketones (excluding diaryl/α,β-unsaturated/α-hetero) is 1. The molecule has 0 aliphatic heterocycles. The number of hydrogen-bond donors (Lipinski definition) is 2. The highest BCUT2D eigenvalue weighted by Crippen LogP contribution is 2.38. The van der Waals surface area contributed by atoms with Crippen LogP contribution in [0.5, 0.6) is 5.75 Å². The molecule has 110 valence electrons. The third kappa shape index (κ3) is 3.50. The van der Waals surface area contributed by atoms with Crippen LogP contribution in [-0.2, 0) is 17.8 Å². The van der Waals surface area contributed by atoms with Crippen LogP contribution in [-0.4, -0.2) is 10.9 Å². The molecule has 1 unspecified atom stereocenters. The van der Waals surface area contributed by atoms with Gasteiger partial charge in [0.1, 0.15) is 11.5 Å². The van der Waals surface area contributed by atoms with E-state index < -0.39 is 0 Å². The molecule has 2 aromatic carbocycles. The minimum absolute atomic E-state index is 0.00546. The first-order valence-corrected chi connectivity index (χ1v) is 7.19. The van der Waals surface area contributed by atoms with Gasteiger partial charge in [-0.25, -0.2) is 0 Å². The second-order valence-corrected chi connectivity index (χ2v) is 5.19. The Morgan fingerprint density at radius 2 is 1.76 bits per heavy atom. The maximum absolute atomic E-state index is 11.4. The summed E-state index contributed by atoms with van der Waals surface area (Å²) in [6, 6.07) is 15.5. The van der Waals surface area contributed by atoms with Gasteiger partial charge in [0.2, 0.25) is 0 Å². The van der Waals surface area contributed by atoms with E-state index in [1.807, 2.05) is 42.5 Å². The van der Waals surface area contributed by atoms with Crippen molar-refractivity contribution in [2.45, 2.75) is 32.2 Å². The molecular formula is C18H21NO2. The van der Waals surface area contributed by atoms with Gasteiger partial charge in [0, 0.05) is 18.0 Å². The molecule has 0 radical (unpaired) electrons. The molecule has 2 aromatic rings. The first kappa shape index (κ1) is 15.3. The van der Waals surface area contributed by atoms with Crippen LogP contribution in [0.15, 0.2) is 48.5 Å². The largest absolute Gasteiger partial charge is 0.508 e. The van der Waals surface area contributed by atoms with Crippen LogP contribution in [0.2, 0.25) is 0 Å². The lowest BCUT2D eigenvalue weighted by Gasteiger charge is -2.11. The van der Waals surface area contributed by atoms with Crippen LogP contribution in [0.25, 0.3) is 0 Å². The van der Waals surface area contributed by atoms with Gasteiger partial charge in [0.15, 0.2) is 0 Å². The Morgan fingerprint density at radius 3 is 2.24 bits per heavy atom. The number of phenolic OH excluding ortho intramolecular Hbond substituents is 1. The summed E-state index contributed by atoms with van der Waals surface area (Å²) in [5, 5.41) is 9.63. The number of carbonyl (C=O) groups excluding carboxylic acids is 1. The third-order valence-corrected chi connectivity index (χ3v) is 3.86. The normalized spacial score (nSPS) is 15.8. The molecule has 3 heteroatoms. The molecule has 0 amide bonds. The number of nitrogens with two attached hydrogens (primary N) is 1. The smallest absolute Gasteiger partial charge is 0.137 e. The summed E-state index contributed by atoms with van der Waals surface area (Å²) in [6.45, 7) is 1.95. The van der Waals surface area contributed by atoms with Gasteiger partial charge >= 0.3 is 0 Å². The van der Waals surface area contributed by atoms with Crippen molar-refractivity contribution in [2.24, 2.45) is 5.73 Å². The Labute approximate surface area is 125 Å². The molecule has 1 atom stereocenters. The average molecular weight is 283 g/mol. The van der Waals surface area contributed by atoms with Crippen LogP contribution in [0.1, 0.15) is 36.0 Å². The summed E-state index contributed by atoms with van der Waals surface area (Å²) in [5.41, 5.74) is 8.54. The maximum atomic E-state index is 11.4. The molecule has 3 rings (SSSR count). The van der Waals surface area contributed by atoms with Gasteiger partial charge in [-0.2, -0.15) is 0 Å². The Bertz CT molecular complexity index is 581. The second-order valence-electron chi connectivity index (χ2n) is 5.19. The fourth-order valence-electron chi connectivity index (χ4n) is 2.80. The second kappa shape index (κ2) is 7.04. The molecule has 0 saturated carbocycles. The lowest BCUT2D eigenvalue weighted by atomic mass is 9.95. The summed E-state index contributed by atoms with van der Waals surface area (Å²) < 4.78 is 0. The van der Waals surface area contributed by atoms with E-state index in [0.717, 1.165) is 29.5 Å². The topological polar surface area (TPSA) is 63.3 Å². The van der Waals surface area contributed by atoms with Crippen LogP contribution in [0.4, 0.5) is 0 Å². The van der Waals surface area contributed by atoms with Gasteiger partial charge in [-0.05, 0) is 37.0 Å². The Hall–Kier alpha value is -2.13. The van der Waals surface area contributed by atoms with Crippen LogP contribution >= 0.6 is 0 Å². The van der Waals surface area contributed by atoms with Crippen LogP contribution < -0.4 is 5.73 Å². The molecule has 3 N–H and O–H groups in total. The van der Waals surface area contributed by atoms with E-state index in [9.17, 15) is 9.90 Å². The van der Waals surface area contributed by atoms with Crippen LogP contribution in [0.3, 0.4) is 0 Å². The van der Waals surface area contributed by atoms with Crippen molar-refractivity contribution >= 4 is 5.78 Å². The summed E-state index contributed by atoms with van der Waals surface area (Å²) in [6.07, 6.45) is 1.70. The quantitative estimate of drug-likeness (QED) is 0.890. The predicted molar refractivity (Wildman–Crippen MR) is 84.2 cm³/mol. The van der Waals surface area contributed by atoms with Gasteiger partial charge < -0.3 is 10.8 Å². The van der Waals surface area contributed by atoms with Crippen molar-refractivity contribution in [3.63, 3.8) is 0 Å². The zero-order valence-corrected chi connectivity index (χ0v) is 12.3. The van der Waals surface area contributed by atoms with E-state index in [0.29, 0.717) is 6.54 Å². The minimum atomic E-state index is 0.00546. The molecule has 0 fully saturated rings. The summed E-state index contributed by atoms with van der Waals surface area (Å²) in [5.74, 6) is 0.453.